The van der Waals surface area contributed by atoms with Gasteiger partial charge in [-0.2, -0.15) is 0 Å². The van der Waals surface area contributed by atoms with Crippen molar-refractivity contribution in [1.29, 1.82) is 0 Å². The molecule has 0 amide bonds. The van der Waals surface area contributed by atoms with E-state index >= 15 is 0 Å². The van der Waals surface area contributed by atoms with E-state index in [4.69, 9.17) is 9.78 Å². The minimum Gasteiger partial charge on any atom is -0.232 e. The van der Waals surface area contributed by atoms with Crippen LogP contribution >= 0.6 is 15.9 Å². The summed E-state index contributed by atoms with van der Waals surface area (Å²) in [6, 6.07) is 8.06. The lowest BCUT2D eigenvalue weighted by Gasteiger charge is -2.36. The maximum Gasteiger partial charge on any atom is 0.152 e. The van der Waals surface area contributed by atoms with Crippen LogP contribution < -0.4 is 0 Å². The first-order valence-corrected chi connectivity index (χ1v) is 4.57. The summed E-state index contributed by atoms with van der Waals surface area (Å²) in [5, 5.41) is 0. The molecule has 0 aromatic heterocycles. The van der Waals surface area contributed by atoms with Crippen molar-refractivity contribution in [3.05, 3.63) is 34.3 Å². The molecule has 64 valence electrons. The van der Waals surface area contributed by atoms with E-state index in [9.17, 15) is 0 Å². The molecule has 0 saturated carbocycles. The summed E-state index contributed by atoms with van der Waals surface area (Å²) < 4.78 is 1.07. The third kappa shape index (κ3) is 1.28. The van der Waals surface area contributed by atoms with Gasteiger partial charge in [-0.15, -0.1) is 0 Å². The van der Waals surface area contributed by atoms with Crippen LogP contribution in [-0.2, 0) is 15.4 Å². The molecule has 2 nitrogen and oxygen atoms in total. The standard InChI is InChI=1S/C9H9BrO2/c1-9(6-11-12-9)7-3-2-4-8(10)5-7/h2-5H,6H2,1H3. The van der Waals surface area contributed by atoms with Gasteiger partial charge in [0.15, 0.2) is 5.60 Å². The van der Waals surface area contributed by atoms with Gasteiger partial charge in [-0.05, 0) is 24.6 Å². The quantitative estimate of drug-likeness (QED) is 0.689. The molecule has 1 saturated heterocycles. The Bertz CT molecular complexity index is 294. The molecule has 1 fully saturated rings. The van der Waals surface area contributed by atoms with Crippen LogP contribution in [0.1, 0.15) is 12.5 Å². The van der Waals surface area contributed by atoms with E-state index in [1.165, 1.54) is 0 Å². The first kappa shape index (κ1) is 8.23. The molecule has 1 aromatic carbocycles. The summed E-state index contributed by atoms with van der Waals surface area (Å²) in [5.41, 5.74) is 0.896. The zero-order valence-corrected chi connectivity index (χ0v) is 8.30. The van der Waals surface area contributed by atoms with Crippen LogP contribution in [0.15, 0.2) is 28.7 Å². The summed E-state index contributed by atoms with van der Waals surface area (Å²) in [5.74, 6) is 0. The molecule has 1 unspecified atom stereocenters. The topological polar surface area (TPSA) is 18.5 Å². The maximum absolute atomic E-state index is 5.04. The SMILES string of the molecule is CC1(c2cccc(Br)c2)COO1. The second-order valence-corrected chi connectivity index (χ2v) is 4.00. The Balaban J connectivity index is 2.33. The molecule has 0 spiro atoms. The second kappa shape index (κ2) is 2.83. The molecular formula is C9H9BrO2. The highest BCUT2D eigenvalue weighted by molar-refractivity contribution is 9.10. The third-order valence-corrected chi connectivity index (χ3v) is 2.51. The van der Waals surface area contributed by atoms with Crippen molar-refractivity contribution in [2.75, 3.05) is 6.61 Å². The predicted octanol–water partition coefficient (Wildman–Crippen LogP) is 2.63. The number of halogens is 1. The maximum atomic E-state index is 5.04. The minimum absolute atomic E-state index is 0.246. The number of hydrogen-bond donors (Lipinski definition) is 0. The average Bonchev–Trinajstić information content (AvgIpc) is 2.00. The minimum atomic E-state index is -0.246. The van der Waals surface area contributed by atoms with Gasteiger partial charge in [0.25, 0.3) is 0 Å². The Hall–Kier alpha value is -0.380. The molecule has 12 heavy (non-hydrogen) atoms. The Morgan fingerprint density at radius 2 is 2.25 bits per heavy atom. The smallest absolute Gasteiger partial charge is 0.152 e. The number of rotatable bonds is 1. The Kier molecular flexibility index (Phi) is 1.94. The lowest BCUT2D eigenvalue weighted by atomic mass is 9.96. The highest BCUT2D eigenvalue weighted by Crippen LogP contribution is 2.34. The van der Waals surface area contributed by atoms with E-state index in [1.807, 2.05) is 31.2 Å². The van der Waals surface area contributed by atoms with E-state index in [0.29, 0.717) is 6.61 Å². The van der Waals surface area contributed by atoms with Crippen molar-refractivity contribution in [3.63, 3.8) is 0 Å². The van der Waals surface area contributed by atoms with Gasteiger partial charge in [0.1, 0.15) is 6.61 Å². The van der Waals surface area contributed by atoms with Crippen LogP contribution in [-0.4, -0.2) is 6.61 Å². The summed E-state index contributed by atoms with van der Waals surface area (Å²) in [6.45, 7) is 2.64. The fraction of sp³-hybridized carbons (Fsp3) is 0.333. The fourth-order valence-corrected chi connectivity index (χ4v) is 1.58. The Morgan fingerprint density at radius 1 is 1.50 bits per heavy atom. The highest BCUT2D eigenvalue weighted by Gasteiger charge is 2.37. The fourth-order valence-electron chi connectivity index (χ4n) is 1.18. The van der Waals surface area contributed by atoms with Crippen molar-refractivity contribution in [1.82, 2.24) is 0 Å². The number of benzene rings is 1. The first-order valence-electron chi connectivity index (χ1n) is 3.77. The van der Waals surface area contributed by atoms with Crippen molar-refractivity contribution in [2.24, 2.45) is 0 Å². The highest BCUT2D eigenvalue weighted by atomic mass is 79.9. The molecule has 0 bridgehead atoms. The van der Waals surface area contributed by atoms with E-state index in [1.54, 1.807) is 0 Å². The summed E-state index contributed by atoms with van der Waals surface area (Å²) >= 11 is 3.41. The summed E-state index contributed by atoms with van der Waals surface area (Å²) in [7, 11) is 0. The van der Waals surface area contributed by atoms with Crippen LogP contribution in [0.2, 0.25) is 0 Å². The van der Waals surface area contributed by atoms with Gasteiger partial charge in [0, 0.05) is 4.47 Å². The van der Waals surface area contributed by atoms with Crippen LogP contribution in [0.5, 0.6) is 0 Å². The molecule has 0 aliphatic carbocycles. The summed E-state index contributed by atoms with van der Waals surface area (Å²) in [6.07, 6.45) is 0. The van der Waals surface area contributed by atoms with Crippen molar-refractivity contribution >= 4 is 15.9 Å². The molecule has 1 aliphatic heterocycles. The van der Waals surface area contributed by atoms with Gasteiger partial charge < -0.3 is 0 Å². The average molecular weight is 229 g/mol. The van der Waals surface area contributed by atoms with Crippen molar-refractivity contribution in [2.45, 2.75) is 12.5 Å². The van der Waals surface area contributed by atoms with E-state index in [-0.39, 0.29) is 5.60 Å². The van der Waals surface area contributed by atoms with Gasteiger partial charge in [0.05, 0.1) is 0 Å². The predicted molar refractivity (Wildman–Crippen MR) is 48.5 cm³/mol. The second-order valence-electron chi connectivity index (χ2n) is 3.09. The van der Waals surface area contributed by atoms with Crippen LogP contribution in [0.4, 0.5) is 0 Å². The zero-order valence-electron chi connectivity index (χ0n) is 6.71. The van der Waals surface area contributed by atoms with Gasteiger partial charge >= 0.3 is 0 Å². The largest absolute Gasteiger partial charge is 0.232 e. The zero-order chi connectivity index (χ0) is 8.60. The van der Waals surface area contributed by atoms with Gasteiger partial charge in [-0.25, -0.2) is 9.78 Å². The molecule has 1 aliphatic rings. The third-order valence-electron chi connectivity index (χ3n) is 2.01. The van der Waals surface area contributed by atoms with E-state index < -0.39 is 0 Å². The lowest BCUT2D eigenvalue weighted by Crippen LogP contribution is -2.41. The Labute approximate surface area is 79.5 Å². The monoisotopic (exact) mass is 228 g/mol. The van der Waals surface area contributed by atoms with Crippen molar-refractivity contribution < 1.29 is 9.78 Å². The molecule has 2 rings (SSSR count). The molecule has 0 radical (unpaired) electrons. The summed E-state index contributed by atoms with van der Waals surface area (Å²) in [4.78, 5) is 9.76. The molecule has 1 aromatic rings. The normalized spacial score (nSPS) is 28.2. The Morgan fingerprint density at radius 3 is 2.75 bits per heavy atom. The van der Waals surface area contributed by atoms with Gasteiger partial charge in [-0.1, -0.05) is 28.1 Å². The van der Waals surface area contributed by atoms with E-state index in [0.717, 1.165) is 10.0 Å². The molecule has 0 N–H and O–H groups in total. The molecule has 1 atom stereocenters. The first-order chi connectivity index (χ1) is 5.71. The van der Waals surface area contributed by atoms with Crippen LogP contribution in [0.3, 0.4) is 0 Å². The molecule has 1 heterocycles. The number of hydrogen-bond acceptors (Lipinski definition) is 2. The van der Waals surface area contributed by atoms with Crippen LogP contribution in [0, 0.1) is 0 Å². The van der Waals surface area contributed by atoms with Crippen LogP contribution in [0.25, 0.3) is 0 Å². The molecular weight excluding hydrogens is 220 g/mol. The van der Waals surface area contributed by atoms with Crippen molar-refractivity contribution in [3.8, 4) is 0 Å². The van der Waals surface area contributed by atoms with Gasteiger partial charge in [-0.3, -0.25) is 0 Å². The van der Waals surface area contributed by atoms with Gasteiger partial charge in [0.2, 0.25) is 0 Å². The van der Waals surface area contributed by atoms with E-state index in [2.05, 4.69) is 15.9 Å². The lowest BCUT2D eigenvalue weighted by molar-refractivity contribution is -0.473. The molecule has 3 heteroatoms.